The predicted molar refractivity (Wildman–Crippen MR) is 55.1 cm³/mol. The summed E-state index contributed by atoms with van der Waals surface area (Å²) in [5.41, 5.74) is 0. The van der Waals surface area contributed by atoms with Gasteiger partial charge < -0.3 is 14.5 Å². The monoisotopic (exact) mass is 200 g/mol. The Labute approximate surface area is 85.8 Å². The number of likely N-dealkylation sites (tertiary alicyclic amines) is 1. The first kappa shape index (κ1) is 11.5. The van der Waals surface area contributed by atoms with E-state index in [1.807, 2.05) is 21.1 Å². The van der Waals surface area contributed by atoms with Crippen LogP contribution in [0, 0.1) is 5.92 Å². The van der Waals surface area contributed by atoms with Gasteiger partial charge in [0.2, 0.25) is 5.91 Å². The molecule has 0 aromatic heterocycles. The molecule has 1 saturated heterocycles. The minimum Gasteiger partial charge on any atom is -0.383 e. The van der Waals surface area contributed by atoms with Crippen molar-refractivity contribution in [2.24, 2.45) is 5.92 Å². The van der Waals surface area contributed by atoms with Crippen LogP contribution in [-0.4, -0.2) is 63.2 Å². The number of carbonyl (C=O) groups excluding carboxylic acids is 1. The number of hydrogen-bond donors (Lipinski definition) is 0. The molecule has 0 N–H and O–H groups in total. The predicted octanol–water partition coefficient (Wildman–Crippen LogP) is 0.0413. The van der Waals surface area contributed by atoms with E-state index in [2.05, 4.69) is 4.90 Å². The molecular formula is C10H20N2O2. The molecule has 1 aliphatic rings. The molecule has 1 heterocycles. The normalized spacial score (nSPS) is 28.0. The van der Waals surface area contributed by atoms with E-state index in [-0.39, 0.29) is 11.8 Å². The molecule has 4 heteroatoms. The molecule has 1 amide bonds. The van der Waals surface area contributed by atoms with E-state index in [0.29, 0.717) is 12.6 Å². The Balaban J connectivity index is 2.49. The number of hydrogen-bond acceptors (Lipinski definition) is 3. The van der Waals surface area contributed by atoms with Crippen LogP contribution >= 0.6 is 0 Å². The van der Waals surface area contributed by atoms with Crippen LogP contribution in [-0.2, 0) is 9.53 Å². The molecule has 82 valence electrons. The molecule has 0 radical (unpaired) electrons. The van der Waals surface area contributed by atoms with E-state index in [1.165, 1.54) is 0 Å². The Bertz CT molecular complexity index is 206. The van der Waals surface area contributed by atoms with Gasteiger partial charge in [0.1, 0.15) is 0 Å². The molecule has 0 aromatic rings. The van der Waals surface area contributed by atoms with E-state index >= 15 is 0 Å². The van der Waals surface area contributed by atoms with Crippen molar-refractivity contribution in [1.82, 2.24) is 9.80 Å². The third kappa shape index (κ3) is 2.45. The first-order chi connectivity index (χ1) is 6.56. The molecule has 2 atom stereocenters. The van der Waals surface area contributed by atoms with Gasteiger partial charge in [0.05, 0.1) is 12.5 Å². The van der Waals surface area contributed by atoms with Crippen molar-refractivity contribution in [2.75, 3.05) is 41.4 Å². The molecular weight excluding hydrogens is 180 g/mol. The van der Waals surface area contributed by atoms with Crippen LogP contribution in [0.1, 0.15) is 6.42 Å². The summed E-state index contributed by atoms with van der Waals surface area (Å²) in [6.45, 7) is 1.57. The van der Waals surface area contributed by atoms with Crippen LogP contribution in [0.3, 0.4) is 0 Å². The molecule has 1 unspecified atom stereocenters. The van der Waals surface area contributed by atoms with Gasteiger partial charge in [-0.2, -0.15) is 0 Å². The van der Waals surface area contributed by atoms with Gasteiger partial charge in [-0.1, -0.05) is 0 Å². The summed E-state index contributed by atoms with van der Waals surface area (Å²) >= 11 is 0. The zero-order valence-corrected chi connectivity index (χ0v) is 9.49. The van der Waals surface area contributed by atoms with Crippen molar-refractivity contribution in [1.29, 1.82) is 0 Å². The van der Waals surface area contributed by atoms with Gasteiger partial charge in [-0.25, -0.2) is 0 Å². The highest BCUT2D eigenvalue weighted by molar-refractivity contribution is 5.78. The highest BCUT2D eigenvalue weighted by Crippen LogP contribution is 2.22. The standard InChI is InChI=1S/C10H20N2O2/c1-11(2)10(13)8-5-9(7-14-4)12(3)6-8/h8-9H,5-7H2,1-4H3/t8-,9?/m1/s1. The summed E-state index contributed by atoms with van der Waals surface area (Å²) in [6.07, 6.45) is 0.918. The fraction of sp³-hybridized carbons (Fsp3) is 0.900. The van der Waals surface area contributed by atoms with Gasteiger partial charge in [0.25, 0.3) is 0 Å². The topological polar surface area (TPSA) is 32.8 Å². The molecule has 1 rings (SSSR count). The third-order valence-corrected chi connectivity index (χ3v) is 2.84. The number of amides is 1. The van der Waals surface area contributed by atoms with Crippen molar-refractivity contribution in [3.05, 3.63) is 0 Å². The summed E-state index contributed by atoms with van der Waals surface area (Å²) in [5, 5.41) is 0. The number of nitrogens with zero attached hydrogens (tertiary/aromatic N) is 2. The second-order valence-electron chi connectivity index (χ2n) is 4.21. The maximum Gasteiger partial charge on any atom is 0.226 e. The van der Waals surface area contributed by atoms with Crippen molar-refractivity contribution < 1.29 is 9.53 Å². The zero-order valence-electron chi connectivity index (χ0n) is 9.49. The Kier molecular flexibility index (Phi) is 3.89. The fourth-order valence-corrected chi connectivity index (χ4v) is 2.01. The second-order valence-corrected chi connectivity index (χ2v) is 4.21. The van der Waals surface area contributed by atoms with E-state index < -0.39 is 0 Å². The Morgan fingerprint density at radius 1 is 1.57 bits per heavy atom. The highest BCUT2D eigenvalue weighted by atomic mass is 16.5. The van der Waals surface area contributed by atoms with E-state index in [1.54, 1.807) is 12.0 Å². The van der Waals surface area contributed by atoms with Gasteiger partial charge in [0.15, 0.2) is 0 Å². The highest BCUT2D eigenvalue weighted by Gasteiger charge is 2.34. The molecule has 0 aliphatic carbocycles. The first-order valence-corrected chi connectivity index (χ1v) is 4.96. The first-order valence-electron chi connectivity index (χ1n) is 4.96. The minimum absolute atomic E-state index is 0.148. The van der Waals surface area contributed by atoms with Crippen LogP contribution in [0.15, 0.2) is 0 Å². The maximum atomic E-state index is 11.7. The molecule has 1 aliphatic heterocycles. The molecule has 1 fully saturated rings. The number of rotatable bonds is 3. The van der Waals surface area contributed by atoms with Gasteiger partial charge in [-0.15, -0.1) is 0 Å². The molecule has 0 bridgehead atoms. The molecule has 4 nitrogen and oxygen atoms in total. The molecule has 14 heavy (non-hydrogen) atoms. The van der Waals surface area contributed by atoms with Crippen molar-refractivity contribution in [2.45, 2.75) is 12.5 Å². The average molecular weight is 200 g/mol. The van der Waals surface area contributed by atoms with E-state index in [4.69, 9.17) is 4.74 Å². The van der Waals surface area contributed by atoms with Gasteiger partial charge >= 0.3 is 0 Å². The number of likely N-dealkylation sites (N-methyl/N-ethyl adjacent to an activating group) is 1. The summed E-state index contributed by atoms with van der Waals surface area (Å²) in [5.74, 6) is 0.380. The van der Waals surface area contributed by atoms with Crippen LogP contribution in [0.4, 0.5) is 0 Å². The summed E-state index contributed by atoms with van der Waals surface area (Å²) in [6, 6.07) is 0.397. The number of ether oxygens (including phenoxy) is 1. The third-order valence-electron chi connectivity index (χ3n) is 2.84. The Morgan fingerprint density at radius 2 is 2.21 bits per heavy atom. The van der Waals surface area contributed by atoms with Crippen molar-refractivity contribution in [3.63, 3.8) is 0 Å². The van der Waals surface area contributed by atoms with Crippen molar-refractivity contribution in [3.8, 4) is 0 Å². The van der Waals surface area contributed by atoms with E-state index in [9.17, 15) is 4.79 Å². The molecule has 0 saturated carbocycles. The Morgan fingerprint density at radius 3 is 2.71 bits per heavy atom. The van der Waals surface area contributed by atoms with Crippen molar-refractivity contribution >= 4 is 5.91 Å². The maximum absolute atomic E-state index is 11.7. The van der Waals surface area contributed by atoms with Gasteiger partial charge in [0, 0.05) is 33.8 Å². The zero-order chi connectivity index (χ0) is 10.7. The summed E-state index contributed by atoms with van der Waals surface area (Å²) in [4.78, 5) is 15.6. The smallest absolute Gasteiger partial charge is 0.226 e. The number of carbonyl (C=O) groups is 1. The lowest BCUT2D eigenvalue weighted by molar-refractivity contribution is -0.132. The number of methoxy groups -OCH3 is 1. The minimum atomic E-state index is 0.148. The lowest BCUT2D eigenvalue weighted by Gasteiger charge is -2.17. The molecule has 0 spiro atoms. The Hall–Kier alpha value is -0.610. The SMILES string of the molecule is COCC1C[C@@H](C(=O)N(C)C)CN1C. The lowest BCUT2D eigenvalue weighted by atomic mass is 10.0. The summed E-state index contributed by atoms with van der Waals surface area (Å²) < 4.78 is 5.12. The van der Waals surface area contributed by atoms with Gasteiger partial charge in [-0.3, -0.25) is 4.79 Å². The summed E-state index contributed by atoms with van der Waals surface area (Å²) in [7, 11) is 7.37. The quantitative estimate of drug-likeness (QED) is 0.645. The lowest BCUT2D eigenvalue weighted by Crippen LogP contribution is -2.31. The average Bonchev–Trinajstić information content (AvgIpc) is 2.47. The molecule has 0 aromatic carbocycles. The van der Waals surface area contributed by atoms with Crippen LogP contribution < -0.4 is 0 Å². The van der Waals surface area contributed by atoms with Crippen LogP contribution in [0.25, 0.3) is 0 Å². The van der Waals surface area contributed by atoms with Gasteiger partial charge in [-0.05, 0) is 13.5 Å². The fourth-order valence-electron chi connectivity index (χ4n) is 2.01. The van der Waals surface area contributed by atoms with E-state index in [0.717, 1.165) is 13.0 Å². The second kappa shape index (κ2) is 4.75. The van der Waals surface area contributed by atoms with Crippen LogP contribution in [0.2, 0.25) is 0 Å². The van der Waals surface area contributed by atoms with Crippen LogP contribution in [0.5, 0.6) is 0 Å². The largest absolute Gasteiger partial charge is 0.383 e.